The van der Waals surface area contributed by atoms with E-state index in [9.17, 15) is 0 Å². The van der Waals surface area contributed by atoms with Gasteiger partial charge in [-0.15, -0.1) is 0 Å². The molecular formula is C13H18BNO3. The molecule has 0 spiro atoms. The Balaban J connectivity index is 1.62. The highest BCUT2D eigenvalue weighted by atomic mass is 16.5. The van der Waals surface area contributed by atoms with Crippen molar-refractivity contribution in [2.24, 2.45) is 0 Å². The molecule has 2 N–H and O–H groups in total. The van der Waals surface area contributed by atoms with Crippen LogP contribution in [0.1, 0.15) is 18.4 Å². The van der Waals surface area contributed by atoms with Gasteiger partial charge in [-0.2, -0.15) is 0 Å². The number of rotatable bonds is 3. The Hall–Kier alpha value is -0.875. The molecule has 2 atom stereocenters. The Labute approximate surface area is 107 Å². The summed E-state index contributed by atoms with van der Waals surface area (Å²) in [6, 6.07) is 7.47. The van der Waals surface area contributed by atoms with Gasteiger partial charge in [-0.1, -0.05) is 24.3 Å². The average Bonchev–Trinajstić information content (AvgIpc) is 2.69. The molecule has 2 fully saturated rings. The molecule has 2 heterocycles. The maximum Gasteiger partial charge on any atom is 0.488 e. The van der Waals surface area contributed by atoms with E-state index in [0.717, 1.165) is 19.6 Å². The van der Waals surface area contributed by atoms with Crippen molar-refractivity contribution in [2.75, 3.05) is 13.1 Å². The summed E-state index contributed by atoms with van der Waals surface area (Å²) in [7, 11) is -1.38. The zero-order valence-corrected chi connectivity index (χ0v) is 10.3. The van der Waals surface area contributed by atoms with E-state index in [1.54, 1.807) is 12.1 Å². The number of likely N-dealkylation sites (tertiary alicyclic amines) is 1. The van der Waals surface area contributed by atoms with Gasteiger partial charge >= 0.3 is 7.12 Å². The van der Waals surface area contributed by atoms with Gasteiger partial charge in [0.1, 0.15) is 0 Å². The minimum Gasteiger partial charge on any atom is -0.423 e. The van der Waals surface area contributed by atoms with Crippen molar-refractivity contribution in [3.05, 3.63) is 29.8 Å². The van der Waals surface area contributed by atoms with Crippen LogP contribution in [-0.2, 0) is 11.3 Å². The number of fused-ring (bicyclic) bond motifs is 2. The van der Waals surface area contributed by atoms with Crippen LogP contribution in [0.2, 0.25) is 0 Å². The highest BCUT2D eigenvalue weighted by molar-refractivity contribution is 6.58. The molecule has 1 aromatic carbocycles. The smallest absolute Gasteiger partial charge is 0.423 e. The molecule has 0 amide bonds. The Morgan fingerprint density at radius 2 is 1.72 bits per heavy atom. The van der Waals surface area contributed by atoms with E-state index in [2.05, 4.69) is 4.90 Å². The van der Waals surface area contributed by atoms with Gasteiger partial charge in [0.05, 0.1) is 12.2 Å². The van der Waals surface area contributed by atoms with Crippen molar-refractivity contribution >= 4 is 12.6 Å². The fourth-order valence-corrected chi connectivity index (χ4v) is 2.88. The lowest BCUT2D eigenvalue weighted by molar-refractivity contribution is -0.0410. The molecule has 0 saturated carbocycles. The largest absolute Gasteiger partial charge is 0.488 e. The van der Waals surface area contributed by atoms with Crippen LogP contribution in [-0.4, -0.2) is 47.4 Å². The number of nitrogens with zero attached hydrogens (tertiary/aromatic N) is 1. The number of hydrogen-bond donors (Lipinski definition) is 2. The summed E-state index contributed by atoms with van der Waals surface area (Å²) in [6.07, 6.45) is 3.22. The highest BCUT2D eigenvalue weighted by Crippen LogP contribution is 2.26. The van der Waals surface area contributed by atoms with Crippen molar-refractivity contribution < 1.29 is 14.8 Å². The van der Waals surface area contributed by atoms with Gasteiger partial charge < -0.3 is 14.8 Å². The van der Waals surface area contributed by atoms with Gasteiger partial charge in [0, 0.05) is 19.6 Å². The maximum absolute atomic E-state index is 9.04. The predicted octanol–water partition coefficient (Wildman–Crippen LogP) is -0.270. The van der Waals surface area contributed by atoms with E-state index < -0.39 is 7.12 Å². The second kappa shape index (κ2) is 5.01. The van der Waals surface area contributed by atoms with Crippen molar-refractivity contribution in [1.29, 1.82) is 0 Å². The zero-order valence-electron chi connectivity index (χ0n) is 10.3. The second-order valence-electron chi connectivity index (χ2n) is 5.27. The average molecular weight is 247 g/mol. The monoisotopic (exact) mass is 247 g/mol. The number of ether oxygens (including phenoxy) is 1. The molecule has 96 valence electrons. The molecule has 3 rings (SSSR count). The molecule has 1 aromatic rings. The molecule has 5 heteroatoms. The summed E-state index contributed by atoms with van der Waals surface area (Å²) in [4.78, 5) is 2.43. The summed E-state index contributed by atoms with van der Waals surface area (Å²) in [5.74, 6) is 0. The summed E-state index contributed by atoms with van der Waals surface area (Å²) in [6.45, 7) is 2.94. The van der Waals surface area contributed by atoms with E-state index in [1.807, 2.05) is 12.1 Å². The molecule has 2 unspecified atom stereocenters. The topological polar surface area (TPSA) is 52.9 Å². The summed E-state index contributed by atoms with van der Waals surface area (Å²) < 4.78 is 5.81. The van der Waals surface area contributed by atoms with Crippen LogP contribution >= 0.6 is 0 Å². The van der Waals surface area contributed by atoms with Gasteiger partial charge in [0.2, 0.25) is 0 Å². The molecule has 0 radical (unpaired) electrons. The Morgan fingerprint density at radius 1 is 1.11 bits per heavy atom. The van der Waals surface area contributed by atoms with E-state index in [-0.39, 0.29) is 0 Å². The van der Waals surface area contributed by atoms with Crippen molar-refractivity contribution in [1.82, 2.24) is 4.90 Å². The SMILES string of the molecule is OB(O)c1ccc(CN2CC3CCC(C2)O3)cc1. The number of morpholine rings is 1. The molecule has 0 aromatic heterocycles. The lowest BCUT2D eigenvalue weighted by Crippen LogP contribution is -2.42. The maximum atomic E-state index is 9.04. The van der Waals surface area contributed by atoms with Crippen molar-refractivity contribution in [3.63, 3.8) is 0 Å². The predicted molar refractivity (Wildman–Crippen MR) is 69.4 cm³/mol. The fourth-order valence-electron chi connectivity index (χ4n) is 2.88. The third kappa shape index (κ3) is 2.59. The van der Waals surface area contributed by atoms with E-state index >= 15 is 0 Å². The molecule has 2 aliphatic heterocycles. The molecule has 0 aliphatic carbocycles. The first-order valence-electron chi connectivity index (χ1n) is 6.53. The first kappa shape index (κ1) is 12.2. The Bertz CT molecular complexity index is 397. The lowest BCUT2D eigenvalue weighted by Gasteiger charge is -2.32. The van der Waals surface area contributed by atoms with Crippen LogP contribution in [0.25, 0.3) is 0 Å². The number of hydrogen-bond acceptors (Lipinski definition) is 4. The Morgan fingerprint density at radius 3 is 2.28 bits per heavy atom. The van der Waals surface area contributed by atoms with Crippen molar-refractivity contribution in [2.45, 2.75) is 31.6 Å². The molecule has 2 aliphatic rings. The number of benzene rings is 1. The summed E-state index contributed by atoms with van der Waals surface area (Å²) >= 11 is 0. The second-order valence-corrected chi connectivity index (χ2v) is 5.27. The molecule has 4 nitrogen and oxygen atoms in total. The lowest BCUT2D eigenvalue weighted by atomic mass is 9.80. The van der Waals surface area contributed by atoms with Gasteiger partial charge in [0.25, 0.3) is 0 Å². The first-order chi connectivity index (χ1) is 8.70. The zero-order chi connectivity index (χ0) is 12.5. The third-order valence-corrected chi connectivity index (χ3v) is 3.80. The highest BCUT2D eigenvalue weighted by Gasteiger charge is 2.33. The van der Waals surface area contributed by atoms with Gasteiger partial charge in [-0.05, 0) is 23.9 Å². The summed E-state index contributed by atoms with van der Waals surface area (Å²) in [5, 5.41) is 18.1. The van der Waals surface area contributed by atoms with Crippen LogP contribution in [0, 0.1) is 0 Å². The van der Waals surface area contributed by atoms with Crippen LogP contribution in [0.4, 0.5) is 0 Å². The van der Waals surface area contributed by atoms with E-state index in [0.29, 0.717) is 17.7 Å². The van der Waals surface area contributed by atoms with Crippen LogP contribution < -0.4 is 5.46 Å². The first-order valence-corrected chi connectivity index (χ1v) is 6.53. The molecule has 18 heavy (non-hydrogen) atoms. The molecule has 2 saturated heterocycles. The standard InChI is InChI=1S/C13H18BNO3/c16-14(17)11-3-1-10(2-4-11)7-15-8-12-5-6-13(9-15)18-12/h1-4,12-13,16-17H,5-9H2. The molecule has 2 bridgehead atoms. The van der Waals surface area contributed by atoms with E-state index in [4.69, 9.17) is 14.8 Å². The van der Waals surface area contributed by atoms with Gasteiger partial charge in [0.15, 0.2) is 0 Å². The minimum atomic E-state index is -1.38. The van der Waals surface area contributed by atoms with Gasteiger partial charge in [-0.25, -0.2) is 0 Å². The molecular weight excluding hydrogens is 229 g/mol. The summed E-state index contributed by atoms with van der Waals surface area (Å²) in [5.41, 5.74) is 1.75. The van der Waals surface area contributed by atoms with Crippen LogP contribution in [0.5, 0.6) is 0 Å². The third-order valence-electron chi connectivity index (χ3n) is 3.80. The van der Waals surface area contributed by atoms with Gasteiger partial charge in [-0.3, -0.25) is 4.90 Å². The van der Waals surface area contributed by atoms with Crippen molar-refractivity contribution in [3.8, 4) is 0 Å². The quantitative estimate of drug-likeness (QED) is 0.722. The van der Waals surface area contributed by atoms with Crippen LogP contribution in [0.15, 0.2) is 24.3 Å². The van der Waals surface area contributed by atoms with Crippen LogP contribution in [0.3, 0.4) is 0 Å². The minimum absolute atomic E-state index is 0.419. The van der Waals surface area contributed by atoms with E-state index in [1.165, 1.54) is 18.4 Å². The normalized spacial score (nSPS) is 27.4. The fraction of sp³-hybridized carbons (Fsp3) is 0.538. The Kier molecular flexibility index (Phi) is 3.39.